The molecule has 1 aliphatic rings. The van der Waals surface area contributed by atoms with Crippen LogP contribution in [0.25, 0.3) is 0 Å². The first-order chi connectivity index (χ1) is 7.06. The molecular weight excluding hydrogens is 186 g/mol. The van der Waals surface area contributed by atoms with Gasteiger partial charge in [0.1, 0.15) is 0 Å². The third-order valence-corrected chi connectivity index (χ3v) is 3.10. The highest BCUT2D eigenvalue weighted by Crippen LogP contribution is 2.20. The highest BCUT2D eigenvalue weighted by Gasteiger charge is 2.18. The summed E-state index contributed by atoms with van der Waals surface area (Å²) >= 11 is 0. The summed E-state index contributed by atoms with van der Waals surface area (Å²) < 4.78 is 0. The minimum Gasteiger partial charge on any atom is -0.353 e. The number of nitrogens with one attached hydrogen (secondary N) is 1. The van der Waals surface area contributed by atoms with Crippen LogP contribution < -0.4 is 5.32 Å². The van der Waals surface area contributed by atoms with Crippen molar-refractivity contribution in [1.82, 2.24) is 5.32 Å². The van der Waals surface area contributed by atoms with Crippen molar-refractivity contribution in [3.8, 4) is 0 Å². The molecule has 0 aromatic heterocycles. The largest absolute Gasteiger partial charge is 0.353 e. The van der Waals surface area contributed by atoms with Crippen LogP contribution in [0.2, 0.25) is 0 Å². The van der Waals surface area contributed by atoms with Crippen LogP contribution in [0.3, 0.4) is 0 Å². The number of amides is 1. The van der Waals surface area contributed by atoms with Gasteiger partial charge in [0.15, 0.2) is 0 Å². The number of rotatable bonds is 0. The fraction of sp³-hybridized carbons (Fsp3) is 0.462. The molecule has 2 heteroatoms. The second-order valence-corrected chi connectivity index (χ2v) is 4.55. The Balaban J connectivity index is 2.46. The number of carbonyl (C=O) groups excluding carboxylic acids is 1. The van der Waals surface area contributed by atoms with Crippen molar-refractivity contribution in [2.24, 2.45) is 0 Å². The van der Waals surface area contributed by atoms with Crippen molar-refractivity contribution in [2.45, 2.75) is 39.7 Å². The smallest absolute Gasteiger partial charge is 0.224 e. The van der Waals surface area contributed by atoms with Gasteiger partial charge in [0, 0.05) is 6.04 Å². The fourth-order valence-corrected chi connectivity index (χ4v) is 2.17. The average Bonchev–Trinajstić information content (AvgIpc) is 2.24. The zero-order chi connectivity index (χ0) is 11.0. The molecule has 1 amide bonds. The quantitative estimate of drug-likeness (QED) is 0.685. The maximum absolute atomic E-state index is 11.5. The number of hydrogen-bond acceptors (Lipinski definition) is 1. The molecule has 0 saturated carbocycles. The van der Waals surface area contributed by atoms with Crippen molar-refractivity contribution in [1.29, 1.82) is 0 Å². The average molecular weight is 203 g/mol. The van der Waals surface area contributed by atoms with Crippen LogP contribution in [-0.2, 0) is 17.6 Å². The van der Waals surface area contributed by atoms with Gasteiger partial charge in [-0.15, -0.1) is 0 Å². The Morgan fingerprint density at radius 1 is 1.20 bits per heavy atom. The van der Waals surface area contributed by atoms with E-state index in [0.717, 1.165) is 6.42 Å². The van der Waals surface area contributed by atoms with Gasteiger partial charge in [-0.05, 0) is 49.4 Å². The van der Waals surface area contributed by atoms with Gasteiger partial charge in [0.25, 0.3) is 0 Å². The Morgan fingerprint density at radius 3 is 2.47 bits per heavy atom. The molecule has 2 nitrogen and oxygen atoms in total. The minimum atomic E-state index is 0.143. The normalized spacial score (nSPS) is 20.5. The molecule has 0 spiro atoms. The molecule has 1 aliphatic heterocycles. The second kappa shape index (κ2) is 3.69. The molecule has 0 aliphatic carbocycles. The number of benzene rings is 1. The molecule has 2 rings (SSSR count). The van der Waals surface area contributed by atoms with E-state index >= 15 is 0 Å². The van der Waals surface area contributed by atoms with Crippen LogP contribution in [0, 0.1) is 13.8 Å². The first-order valence-corrected chi connectivity index (χ1v) is 5.44. The second-order valence-electron chi connectivity index (χ2n) is 4.55. The van der Waals surface area contributed by atoms with E-state index in [9.17, 15) is 4.79 Å². The molecule has 0 radical (unpaired) electrons. The van der Waals surface area contributed by atoms with Crippen molar-refractivity contribution < 1.29 is 4.79 Å². The van der Waals surface area contributed by atoms with Gasteiger partial charge in [-0.3, -0.25) is 4.79 Å². The van der Waals surface area contributed by atoms with Crippen LogP contribution >= 0.6 is 0 Å². The first kappa shape index (κ1) is 10.2. The lowest BCUT2D eigenvalue weighted by Crippen LogP contribution is -2.32. The van der Waals surface area contributed by atoms with E-state index in [1.165, 1.54) is 22.3 Å². The molecule has 0 fully saturated rings. The highest BCUT2D eigenvalue weighted by molar-refractivity contribution is 5.80. The molecule has 15 heavy (non-hydrogen) atoms. The Morgan fingerprint density at radius 2 is 1.80 bits per heavy atom. The van der Waals surface area contributed by atoms with E-state index in [0.29, 0.717) is 6.42 Å². The Kier molecular flexibility index (Phi) is 2.51. The summed E-state index contributed by atoms with van der Waals surface area (Å²) in [4.78, 5) is 11.5. The monoisotopic (exact) mass is 203 g/mol. The van der Waals surface area contributed by atoms with E-state index in [-0.39, 0.29) is 11.9 Å². The highest BCUT2D eigenvalue weighted by atomic mass is 16.1. The SMILES string of the molecule is Cc1cc2c(cc1C)CC(C)NC(=O)C2. The van der Waals surface area contributed by atoms with Gasteiger partial charge >= 0.3 is 0 Å². The van der Waals surface area contributed by atoms with Gasteiger partial charge in [-0.2, -0.15) is 0 Å². The third-order valence-electron chi connectivity index (χ3n) is 3.10. The molecule has 1 heterocycles. The zero-order valence-corrected chi connectivity index (χ0v) is 9.55. The lowest BCUT2D eigenvalue weighted by atomic mass is 9.95. The van der Waals surface area contributed by atoms with Crippen molar-refractivity contribution in [2.75, 3.05) is 0 Å². The van der Waals surface area contributed by atoms with E-state index in [1.54, 1.807) is 0 Å². The van der Waals surface area contributed by atoms with Gasteiger partial charge in [0.2, 0.25) is 5.91 Å². The van der Waals surface area contributed by atoms with Crippen LogP contribution in [0.5, 0.6) is 0 Å². The van der Waals surface area contributed by atoms with E-state index < -0.39 is 0 Å². The first-order valence-electron chi connectivity index (χ1n) is 5.44. The maximum atomic E-state index is 11.5. The predicted molar refractivity (Wildman–Crippen MR) is 60.9 cm³/mol. The summed E-state index contributed by atoms with van der Waals surface area (Å²) in [6.07, 6.45) is 1.48. The molecule has 0 bridgehead atoms. The number of fused-ring (bicyclic) bond motifs is 1. The van der Waals surface area contributed by atoms with Gasteiger partial charge in [-0.25, -0.2) is 0 Å². The topological polar surface area (TPSA) is 29.1 Å². The Hall–Kier alpha value is -1.31. The summed E-state index contributed by atoms with van der Waals surface area (Å²) in [6, 6.07) is 4.63. The van der Waals surface area contributed by atoms with Crippen molar-refractivity contribution in [3.05, 3.63) is 34.4 Å². The summed E-state index contributed by atoms with van der Waals surface area (Å²) in [5.74, 6) is 0.143. The van der Waals surface area contributed by atoms with Gasteiger partial charge < -0.3 is 5.32 Å². The molecular formula is C13H17NO. The summed E-state index contributed by atoms with van der Waals surface area (Å²) in [6.45, 7) is 6.28. The Bertz CT molecular complexity index is 409. The molecule has 1 atom stereocenters. The molecule has 1 unspecified atom stereocenters. The van der Waals surface area contributed by atoms with Gasteiger partial charge in [0.05, 0.1) is 6.42 Å². The van der Waals surface area contributed by atoms with Crippen LogP contribution in [0.1, 0.15) is 29.2 Å². The zero-order valence-electron chi connectivity index (χ0n) is 9.55. The standard InChI is InChI=1S/C13H17NO/c1-8-4-11-6-10(3)14-13(15)7-12(11)5-9(8)2/h4-5,10H,6-7H2,1-3H3,(H,14,15). The predicted octanol–water partition coefficient (Wildman–Crippen LogP) is 1.91. The number of aryl methyl sites for hydroxylation is 2. The third kappa shape index (κ3) is 2.04. The fourth-order valence-electron chi connectivity index (χ4n) is 2.17. The summed E-state index contributed by atoms with van der Waals surface area (Å²) in [5, 5.41) is 2.99. The van der Waals surface area contributed by atoms with E-state index in [4.69, 9.17) is 0 Å². The molecule has 1 N–H and O–H groups in total. The lowest BCUT2D eigenvalue weighted by Gasteiger charge is -2.11. The van der Waals surface area contributed by atoms with Crippen molar-refractivity contribution in [3.63, 3.8) is 0 Å². The minimum absolute atomic E-state index is 0.143. The molecule has 1 aromatic rings. The van der Waals surface area contributed by atoms with Crippen molar-refractivity contribution >= 4 is 5.91 Å². The van der Waals surface area contributed by atoms with Crippen LogP contribution in [-0.4, -0.2) is 11.9 Å². The van der Waals surface area contributed by atoms with Gasteiger partial charge in [-0.1, -0.05) is 12.1 Å². The summed E-state index contributed by atoms with van der Waals surface area (Å²) in [7, 11) is 0. The molecule has 1 aromatic carbocycles. The summed E-state index contributed by atoms with van der Waals surface area (Å²) in [5.41, 5.74) is 5.11. The number of hydrogen-bond donors (Lipinski definition) is 1. The van der Waals surface area contributed by atoms with E-state index in [2.05, 4.69) is 38.2 Å². The Labute approximate surface area is 90.7 Å². The lowest BCUT2D eigenvalue weighted by molar-refractivity contribution is -0.120. The molecule has 80 valence electrons. The molecule has 0 saturated heterocycles. The van der Waals surface area contributed by atoms with Crippen LogP contribution in [0.4, 0.5) is 0 Å². The van der Waals surface area contributed by atoms with E-state index in [1.807, 2.05) is 0 Å². The maximum Gasteiger partial charge on any atom is 0.224 e. The number of carbonyl (C=O) groups is 1. The van der Waals surface area contributed by atoms with Crippen LogP contribution in [0.15, 0.2) is 12.1 Å².